The van der Waals surface area contributed by atoms with Gasteiger partial charge in [-0.3, -0.25) is 19.8 Å². The molecule has 1 atom stereocenters. The van der Waals surface area contributed by atoms with Crippen LogP contribution in [0, 0.1) is 11.6 Å². The second-order valence-electron chi connectivity index (χ2n) is 11.3. The highest BCUT2D eigenvalue weighted by Crippen LogP contribution is 2.47. The average molecular weight is 681 g/mol. The molecule has 0 radical (unpaired) electrons. The van der Waals surface area contributed by atoms with Crippen molar-refractivity contribution in [3.63, 3.8) is 0 Å². The van der Waals surface area contributed by atoms with Gasteiger partial charge in [0.05, 0.1) is 36.1 Å². The molecule has 14 heteroatoms. The van der Waals surface area contributed by atoms with Crippen LogP contribution in [0.5, 0.6) is 5.75 Å². The molecule has 5 aromatic rings. The molecule has 1 aromatic carbocycles. The van der Waals surface area contributed by atoms with Gasteiger partial charge in [0.15, 0.2) is 0 Å². The van der Waals surface area contributed by atoms with Crippen LogP contribution in [0.15, 0.2) is 54.6 Å². The third-order valence-corrected chi connectivity index (χ3v) is 8.99. The number of ether oxygens (including phenoxy) is 2. The highest BCUT2D eigenvalue weighted by atomic mass is 32.1. The number of rotatable bonds is 12. The summed E-state index contributed by atoms with van der Waals surface area (Å²) in [6.07, 6.45) is 0.948. The van der Waals surface area contributed by atoms with Crippen LogP contribution < -0.4 is 10.1 Å². The lowest BCUT2D eigenvalue weighted by molar-refractivity contribution is -0.117. The molecule has 0 bridgehead atoms. The SMILES string of the molecule is C=CC(=O)NC(C)c1cc(-c2nc(-c3cnc4c(c3)CN(CC(F)F)CC4)c3ccsc3c2-c2c(F)cc(F)cc2OCCOC)n[nH]1. The minimum Gasteiger partial charge on any atom is -0.490 e. The van der Waals surface area contributed by atoms with Gasteiger partial charge in [-0.15, -0.1) is 11.3 Å². The number of aromatic nitrogens is 4. The molecule has 1 aliphatic heterocycles. The first kappa shape index (κ1) is 33.2. The van der Waals surface area contributed by atoms with E-state index < -0.39 is 24.1 Å². The number of aromatic amines is 1. The number of thiophene rings is 1. The molecule has 0 saturated carbocycles. The summed E-state index contributed by atoms with van der Waals surface area (Å²) in [5.74, 6) is -2.08. The molecular weight excluding hydrogens is 648 g/mol. The fraction of sp³-hybridized carbons (Fsp3) is 0.294. The molecule has 0 saturated heterocycles. The fourth-order valence-electron chi connectivity index (χ4n) is 5.80. The molecule has 1 unspecified atom stereocenters. The van der Waals surface area contributed by atoms with Gasteiger partial charge in [-0.25, -0.2) is 22.5 Å². The third kappa shape index (κ3) is 6.82. The minimum absolute atomic E-state index is 0.00207. The monoisotopic (exact) mass is 680 g/mol. The zero-order valence-corrected chi connectivity index (χ0v) is 27.0. The molecule has 48 heavy (non-hydrogen) atoms. The summed E-state index contributed by atoms with van der Waals surface area (Å²) in [6, 6.07) is 6.88. The van der Waals surface area contributed by atoms with E-state index >= 15 is 4.39 Å². The Bertz CT molecular complexity index is 1980. The van der Waals surface area contributed by atoms with Crippen LogP contribution in [-0.2, 0) is 22.5 Å². The van der Waals surface area contributed by atoms with Crippen LogP contribution >= 0.6 is 11.3 Å². The summed E-state index contributed by atoms with van der Waals surface area (Å²) in [5.41, 5.74) is 4.30. The number of nitrogens with zero attached hydrogens (tertiary/aromatic N) is 4. The van der Waals surface area contributed by atoms with Crippen molar-refractivity contribution in [1.82, 2.24) is 30.4 Å². The Morgan fingerprint density at radius 1 is 1.19 bits per heavy atom. The van der Waals surface area contributed by atoms with Gasteiger partial charge in [-0.05, 0) is 42.1 Å². The van der Waals surface area contributed by atoms with Crippen LogP contribution in [0.1, 0.15) is 29.9 Å². The highest BCUT2D eigenvalue weighted by Gasteiger charge is 2.28. The Balaban J connectivity index is 1.56. The van der Waals surface area contributed by atoms with E-state index in [-0.39, 0.29) is 42.7 Å². The largest absolute Gasteiger partial charge is 0.490 e. The van der Waals surface area contributed by atoms with Crippen molar-refractivity contribution in [1.29, 1.82) is 0 Å². The van der Waals surface area contributed by atoms with Crippen molar-refractivity contribution in [2.45, 2.75) is 32.4 Å². The number of nitrogens with one attached hydrogen (secondary N) is 2. The number of methoxy groups -OCH3 is 1. The predicted octanol–water partition coefficient (Wildman–Crippen LogP) is 6.71. The van der Waals surface area contributed by atoms with E-state index in [1.54, 1.807) is 24.1 Å². The number of carbonyl (C=O) groups excluding carboxylic acids is 1. The minimum atomic E-state index is -2.45. The van der Waals surface area contributed by atoms with Gasteiger partial charge in [0.1, 0.15) is 35.4 Å². The van der Waals surface area contributed by atoms with Gasteiger partial charge in [0, 0.05) is 71.9 Å². The number of halogens is 4. The molecule has 4 aromatic heterocycles. The van der Waals surface area contributed by atoms with Gasteiger partial charge in [-0.2, -0.15) is 5.10 Å². The fourth-order valence-corrected chi connectivity index (χ4v) is 6.75. The topological polar surface area (TPSA) is 105 Å². The van der Waals surface area contributed by atoms with Crippen LogP contribution in [-0.4, -0.2) is 70.8 Å². The van der Waals surface area contributed by atoms with E-state index in [9.17, 15) is 18.0 Å². The number of alkyl halides is 2. The number of benzene rings is 1. The van der Waals surface area contributed by atoms with Crippen LogP contribution in [0.4, 0.5) is 17.6 Å². The molecule has 1 amide bonds. The predicted molar refractivity (Wildman–Crippen MR) is 175 cm³/mol. The van der Waals surface area contributed by atoms with Crippen molar-refractivity contribution < 1.29 is 31.8 Å². The molecule has 9 nitrogen and oxygen atoms in total. The molecule has 0 spiro atoms. The van der Waals surface area contributed by atoms with Crippen molar-refractivity contribution in [3.8, 4) is 39.5 Å². The number of hydrogen-bond donors (Lipinski definition) is 2. The van der Waals surface area contributed by atoms with Gasteiger partial charge >= 0.3 is 0 Å². The van der Waals surface area contributed by atoms with Crippen molar-refractivity contribution in [2.24, 2.45) is 0 Å². The quantitative estimate of drug-likeness (QED) is 0.0858. The third-order valence-electron chi connectivity index (χ3n) is 8.06. The Kier molecular flexibility index (Phi) is 9.85. The second-order valence-corrected chi connectivity index (χ2v) is 12.2. The summed E-state index contributed by atoms with van der Waals surface area (Å²) in [7, 11) is 1.49. The lowest BCUT2D eigenvalue weighted by Crippen LogP contribution is -2.34. The molecule has 1 aliphatic rings. The van der Waals surface area contributed by atoms with E-state index in [0.29, 0.717) is 57.8 Å². The first-order valence-electron chi connectivity index (χ1n) is 15.2. The van der Waals surface area contributed by atoms with Gasteiger partial charge in [0.25, 0.3) is 6.43 Å². The van der Waals surface area contributed by atoms with E-state index in [0.717, 1.165) is 29.5 Å². The average Bonchev–Trinajstić information content (AvgIpc) is 3.75. The Hall–Kier alpha value is -4.66. The van der Waals surface area contributed by atoms with Gasteiger partial charge in [0.2, 0.25) is 5.91 Å². The molecule has 6 rings (SSSR count). The summed E-state index contributed by atoms with van der Waals surface area (Å²) in [5, 5.41) is 12.7. The maximum absolute atomic E-state index is 16.0. The van der Waals surface area contributed by atoms with E-state index in [1.165, 1.54) is 18.4 Å². The van der Waals surface area contributed by atoms with Gasteiger partial charge in [-0.1, -0.05) is 6.58 Å². The molecule has 0 aliphatic carbocycles. The maximum atomic E-state index is 16.0. The van der Waals surface area contributed by atoms with E-state index in [4.69, 9.17) is 14.5 Å². The number of amides is 1. The normalized spacial score (nSPS) is 13.9. The first-order valence-corrected chi connectivity index (χ1v) is 16.0. The van der Waals surface area contributed by atoms with E-state index in [2.05, 4.69) is 27.1 Å². The van der Waals surface area contributed by atoms with Crippen LogP contribution in [0.3, 0.4) is 0 Å². The lowest BCUT2D eigenvalue weighted by atomic mass is 9.95. The molecular formula is C34H32F4N6O3S. The Morgan fingerprint density at radius 3 is 2.79 bits per heavy atom. The Morgan fingerprint density at radius 2 is 2.02 bits per heavy atom. The molecule has 0 fully saturated rings. The van der Waals surface area contributed by atoms with Crippen molar-refractivity contribution >= 4 is 27.3 Å². The number of fused-ring (bicyclic) bond motifs is 2. The van der Waals surface area contributed by atoms with Crippen LogP contribution in [0.25, 0.3) is 43.9 Å². The standard InChI is InChI=1S/C34H32F4N6O3S/c1-4-29(45)40-18(2)25-14-26(43-42-25)33-31(30-23(36)12-21(35)13-27(30)47-9-8-46-3)34-22(6-10-48-34)32(41-33)19-11-20-16-44(17-28(37)38)7-5-24(20)39-15-19/h4,6,10-15,18,28H,1,5,7-9,16-17H2,2-3H3,(H,40,45)(H,42,43). The number of pyridine rings is 2. The summed E-state index contributed by atoms with van der Waals surface area (Å²) in [4.78, 5) is 23.4. The zero-order chi connectivity index (χ0) is 33.9. The zero-order valence-electron chi connectivity index (χ0n) is 26.2. The van der Waals surface area contributed by atoms with Crippen molar-refractivity contribution in [3.05, 3.63) is 83.1 Å². The van der Waals surface area contributed by atoms with Crippen LogP contribution in [0.2, 0.25) is 0 Å². The number of hydrogen-bond acceptors (Lipinski definition) is 8. The second kappa shape index (κ2) is 14.2. The molecule has 5 heterocycles. The number of H-pyrrole nitrogens is 1. The lowest BCUT2D eigenvalue weighted by Gasteiger charge is -2.28. The molecule has 2 N–H and O–H groups in total. The highest BCUT2D eigenvalue weighted by molar-refractivity contribution is 7.18. The summed E-state index contributed by atoms with van der Waals surface area (Å²) < 4.78 is 68.5. The first-order chi connectivity index (χ1) is 23.2. The van der Waals surface area contributed by atoms with E-state index in [1.807, 2.05) is 17.5 Å². The molecule has 250 valence electrons. The maximum Gasteiger partial charge on any atom is 0.251 e. The smallest absolute Gasteiger partial charge is 0.251 e. The summed E-state index contributed by atoms with van der Waals surface area (Å²) >= 11 is 1.34. The Labute approximate surface area is 277 Å². The summed E-state index contributed by atoms with van der Waals surface area (Å²) in [6.45, 7) is 5.95. The van der Waals surface area contributed by atoms with Gasteiger partial charge < -0.3 is 14.8 Å². The van der Waals surface area contributed by atoms with Crippen molar-refractivity contribution in [2.75, 3.05) is 33.4 Å². The number of carbonyl (C=O) groups is 1.